The number of hydrogen-bond acceptors (Lipinski definition) is 3. The van der Waals surface area contributed by atoms with Crippen LogP contribution >= 0.6 is 0 Å². The molecule has 0 bridgehead atoms. The van der Waals surface area contributed by atoms with Crippen molar-refractivity contribution >= 4 is 0 Å². The van der Waals surface area contributed by atoms with Crippen molar-refractivity contribution < 1.29 is 0 Å². The van der Waals surface area contributed by atoms with Gasteiger partial charge in [-0.1, -0.05) is 26.2 Å². The summed E-state index contributed by atoms with van der Waals surface area (Å²) in [4.78, 5) is 5.30. The Kier molecular flexibility index (Phi) is 6.31. The van der Waals surface area contributed by atoms with Crippen LogP contribution in [0.4, 0.5) is 0 Å². The molecule has 0 radical (unpaired) electrons. The van der Waals surface area contributed by atoms with E-state index in [2.05, 4.69) is 36.1 Å². The van der Waals surface area contributed by atoms with Gasteiger partial charge in [-0.2, -0.15) is 0 Å². The molecule has 1 heterocycles. The van der Waals surface area contributed by atoms with Crippen LogP contribution in [0.15, 0.2) is 0 Å². The number of nitrogens with zero attached hydrogens (tertiary/aromatic N) is 2. The van der Waals surface area contributed by atoms with Gasteiger partial charge in [-0.15, -0.1) is 0 Å². The lowest BCUT2D eigenvalue weighted by Gasteiger charge is -2.41. The summed E-state index contributed by atoms with van der Waals surface area (Å²) in [6.45, 7) is 8.58. The van der Waals surface area contributed by atoms with Crippen molar-refractivity contribution in [3.05, 3.63) is 0 Å². The lowest BCUT2D eigenvalue weighted by molar-refractivity contribution is 0.101. The maximum atomic E-state index is 3.46. The number of nitrogens with one attached hydrogen (secondary N) is 1. The average Bonchev–Trinajstić information content (AvgIpc) is 2.86. The highest BCUT2D eigenvalue weighted by Crippen LogP contribution is 2.36. The Morgan fingerprint density at radius 2 is 1.95 bits per heavy atom. The minimum absolute atomic E-state index is 0.539. The molecule has 2 aliphatic rings. The molecule has 0 spiro atoms. The molecular formula is C17H35N3. The highest BCUT2D eigenvalue weighted by Gasteiger charge is 2.33. The van der Waals surface area contributed by atoms with Crippen LogP contribution < -0.4 is 5.32 Å². The summed E-state index contributed by atoms with van der Waals surface area (Å²) < 4.78 is 0. The van der Waals surface area contributed by atoms with Gasteiger partial charge in [0.25, 0.3) is 0 Å². The second kappa shape index (κ2) is 7.77. The number of likely N-dealkylation sites (tertiary alicyclic amines) is 1. The minimum Gasteiger partial charge on any atom is -0.319 e. The monoisotopic (exact) mass is 281 g/mol. The third-order valence-electron chi connectivity index (χ3n) is 5.50. The van der Waals surface area contributed by atoms with Gasteiger partial charge in [0.05, 0.1) is 0 Å². The van der Waals surface area contributed by atoms with Crippen LogP contribution in [0, 0.1) is 5.41 Å². The van der Waals surface area contributed by atoms with Gasteiger partial charge in [0.15, 0.2) is 0 Å². The first-order valence-electron chi connectivity index (χ1n) is 8.76. The Labute approximate surface area is 126 Å². The summed E-state index contributed by atoms with van der Waals surface area (Å²) >= 11 is 0. The molecule has 1 aliphatic heterocycles. The van der Waals surface area contributed by atoms with E-state index in [4.69, 9.17) is 0 Å². The zero-order chi connectivity index (χ0) is 14.4. The third kappa shape index (κ3) is 4.19. The van der Waals surface area contributed by atoms with E-state index in [9.17, 15) is 0 Å². The molecule has 20 heavy (non-hydrogen) atoms. The highest BCUT2D eigenvalue weighted by molar-refractivity contribution is 4.89. The van der Waals surface area contributed by atoms with Crippen LogP contribution in [0.3, 0.4) is 0 Å². The largest absolute Gasteiger partial charge is 0.319 e. The van der Waals surface area contributed by atoms with E-state index in [0.29, 0.717) is 5.41 Å². The first-order chi connectivity index (χ1) is 9.69. The molecule has 1 unspecified atom stereocenters. The lowest BCUT2D eigenvalue weighted by Crippen LogP contribution is -2.47. The van der Waals surface area contributed by atoms with E-state index in [0.717, 1.165) is 6.04 Å². The molecule has 1 saturated heterocycles. The van der Waals surface area contributed by atoms with Gasteiger partial charge in [-0.25, -0.2) is 0 Å². The van der Waals surface area contributed by atoms with Crippen LogP contribution in [0.1, 0.15) is 51.9 Å². The minimum atomic E-state index is 0.539. The van der Waals surface area contributed by atoms with Crippen molar-refractivity contribution in [2.45, 2.75) is 57.9 Å². The van der Waals surface area contributed by atoms with E-state index in [1.54, 1.807) is 0 Å². The second-order valence-corrected chi connectivity index (χ2v) is 7.21. The van der Waals surface area contributed by atoms with Crippen LogP contribution in [0.2, 0.25) is 0 Å². The zero-order valence-corrected chi connectivity index (χ0v) is 14.0. The number of hydrogen-bond donors (Lipinski definition) is 1. The molecule has 1 N–H and O–H groups in total. The maximum absolute atomic E-state index is 3.46. The molecule has 1 aliphatic carbocycles. The van der Waals surface area contributed by atoms with Crippen molar-refractivity contribution in [2.75, 3.05) is 46.8 Å². The van der Waals surface area contributed by atoms with E-state index in [1.807, 2.05) is 0 Å². The van der Waals surface area contributed by atoms with Gasteiger partial charge in [-0.05, 0) is 58.3 Å². The van der Waals surface area contributed by atoms with Gasteiger partial charge < -0.3 is 10.2 Å². The average molecular weight is 281 g/mol. The van der Waals surface area contributed by atoms with E-state index >= 15 is 0 Å². The molecule has 0 aromatic heterocycles. The van der Waals surface area contributed by atoms with Gasteiger partial charge in [-0.3, -0.25) is 4.90 Å². The number of rotatable bonds is 7. The van der Waals surface area contributed by atoms with Crippen LogP contribution in [0.25, 0.3) is 0 Å². The fraction of sp³-hybridized carbons (Fsp3) is 1.00. The summed E-state index contributed by atoms with van der Waals surface area (Å²) in [6, 6.07) is 0.806. The molecule has 1 saturated carbocycles. The zero-order valence-electron chi connectivity index (χ0n) is 14.0. The molecule has 0 aromatic rings. The van der Waals surface area contributed by atoms with Gasteiger partial charge in [0.2, 0.25) is 0 Å². The van der Waals surface area contributed by atoms with Crippen molar-refractivity contribution in [1.82, 2.24) is 15.1 Å². The molecule has 2 fully saturated rings. The standard InChI is InChI=1S/C17H35N3/c1-4-20-12-8-9-16(20)13-19(3)15-17(14-18-2)10-6-5-7-11-17/h16,18H,4-15H2,1-3H3. The number of likely N-dealkylation sites (N-methyl/N-ethyl adjacent to an activating group) is 2. The SMILES string of the molecule is CCN1CCCC1CN(C)CC1(CNC)CCCCC1. The molecule has 3 heteroatoms. The van der Waals surface area contributed by atoms with Crippen molar-refractivity contribution in [1.29, 1.82) is 0 Å². The Balaban J connectivity index is 1.86. The van der Waals surface area contributed by atoms with Crippen molar-refractivity contribution in [3.8, 4) is 0 Å². The maximum Gasteiger partial charge on any atom is 0.0223 e. The summed E-state index contributed by atoms with van der Waals surface area (Å²) in [5.74, 6) is 0. The van der Waals surface area contributed by atoms with Crippen LogP contribution in [-0.2, 0) is 0 Å². The third-order valence-corrected chi connectivity index (χ3v) is 5.50. The summed E-state index contributed by atoms with van der Waals surface area (Å²) in [5.41, 5.74) is 0.539. The lowest BCUT2D eigenvalue weighted by atomic mass is 9.73. The van der Waals surface area contributed by atoms with E-state index in [-0.39, 0.29) is 0 Å². The van der Waals surface area contributed by atoms with Gasteiger partial charge in [0, 0.05) is 25.7 Å². The molecule has 1 atom stereocenters. The smallest absolute Gasteiger partial charge is 0.0223 e. The highest BCUT2D eigenvalue weighted by atomic mass is 15.2. The topological polar surface area (TPSA) is 18.5 Å². The Morgan fingerprint density at radius 1 is 1.20 bits per heavy atom. The Morgan fingerprint density at radius 3 is 2.60 bits per heavy atom. The molecule has 0 amide bonds. The Hall–Kier alpha value is -0.120. The summed E-state index contributed by atoms with van der Waals surface area (Å²) in [5, 5.41) is 3.46. The van der Waals surface area contributed by atoms with Crippen molar-refractivity contribution in [3.63, 3.8) is 0 Å². The first kappa shape index (κ1) is 16.3. The first-order valence-corrected chi connectivity index (χ1v) is 8.76. The molecular weight excluding hydrogens is 246 g/mol. The molecule has 2 rings (SSSR count). The predicted octanol–water partition coefficient (Wildman–Crippen LogP) is 2.57. The van der Waals surface area contributed by atoms with Gasteiger partial charge >= 0.3 is 0 Å². The van der Waals surface area contributed by atoms with Crippen LogP contribution in [-0.4, -0.2) is 62.7 Å². The van der Waals surface area contributed by atoms with E-state index in [1.165, 1.54) is 77.7 Å². The van der Waals surface area contributed by atoms with Gasteiger partial charge in [0.1, 0.15) is 0 Å². The van der Waals surface area contributed by atoms with Crippen molar-refractivity contribution in [2.24, 2.45) is 5.41 Å². The van der Waals surface area contributed by atoms with E-state index < -0.39 is 0 Å². The fourth-order valence-electron chi connectivity index (χ4n) is 4.58. The molecule has 0 aromatic carbocycles. The summed E-state index contributed by atoms with van der Waals surface area (Å²) in [7, 11) is 4.46. The normalized spacial score (nSPS) is 27.3. The molecule has 3 nitrogen and oxygen atoms in total. The quantitative estimate of drug-likeness (QED) is 0.774. The fourth-order valence-corrected chi connectivity index (χ4v) is 4.58. The summed E-state index contributed by atoms with van der Waals surface area (Å²) in [6.07, 6.45) is 9.94. The van der Waals surface area contributed by atoms with Crippen LogP contribution in [0.5, 0.6) is 0 Å². The predicted molar refractivity (Wildman–Crippen MR) is 87.2 cm³/mol. The Bertz CT molecular complexity index is 268. The molecule has 118 valence electrons. The second-order valence-electron chi connectivity index (χ2n) is 7.21.